The third-order valence-electron chi connectivity index (χ3n) is 5.51. The van der Waals surface area contributed by atoms with Crippen LogP contribution in [-0.4, -0.2) is 42.0 Å². The fourth-order valence-electron chi connectivity index (χ4n) is 3.89. The van der Waals surface area contributed by atoms with Gasteiger partial charge in [-0.25, -0.2) is 4.98 Å². The molecule has 0 radical (unpaired) electrons. The zero-order chi connectivity index (χ0) is 21.4. The third-order valence-corrected chi connectivity index (χ3v) is 5.51. The standard InChI is InChI=1S/C22H19N5O4/c28-19(7-8-20(29)30)27-11-17-16(23-12-24-17)10-18(27)22-25-21(26-31-22)15-6-5-13-3-1-2-4-14(13)9-15/h1-6,9,12,18H,7-8,10-11H2,(H,23,24)(H,29,30). The first-order chi connectivity index (χ1) is 15.1. The van der Waals surface area contributed by atoms with Crippen LogP contribution in [0, 0.1) is 0 Å². The number of carbonyl (C=O) groups is 2. The Bertz CT molecular complexity index is 1280. The van der Waals surface area contributed by atoms with Crippen LogP contribution in [0.3, 0.4) is 0 Å². The molecule has 31 heavy (non-hydrogen) atoms. The highest BCUT2D eigenvalue weighted by molar-refractivity contribution is 5.86. The number of imidazole rings is 1. The number of carboxylic acids is 1. The van der Waals surface area contributed by atoms with Crippen LogP contribution in [0.2, 0.25) is 0 Å². The Morgan fingerprint density at radius 3 is 2.84 bits per heavy atom. The number of nitrogens with one attached hydrogen (secondary N) is 1. The maximum absolute atomic E-state index is 12.8. The molecule has 1 aliphatic rings. The van der Waals surface area contributed by atoms with Crippen LogP contribution >= 0.6 is 0 Å². The van der Waals surface area contributed by atoms with Gasteiger partial charge in [0, 0.05) is 18.4 Å². The lowest BCUT2D eigenvalue weighted by Gasteiger charge is -2.32. The first kappa shape index (κ1) is 19.0. The monoisotopic (exact) mass is 417 g/mol. The number of aliphatic carboxylic acids is 1. The molecule has 9 nitrogen and oxygen atoms in total. The summed E-state index contributed by atoms with van der Waals surface area (Å²) in [7, 11) is 0. The molecule has 0 saturated carbocycles. The number of fused-ring (bicyclic) bond motifs is 2. The van der Waals surface area contributed by atoms with E-state index in [9.17, 15) is 9.59 Å². The molecule has 2 aromatic heterocycles. The van der Waals surface area contributed by atoms with Crippen molar-refractivity contribution in [3.05, 3.63) is 66.1 Å². The minimum Gasteiger partial charge on any atom is -0.481 e. The summed E-state index contributed by atoms with van der Waals surface area (Å²) in [6.07, 6.45) is 1.67. The van der Waals surface area contributed by atoms with Crippen molar-refractivity contribution < 1.29 is 19.2 Å². The van der Waals surface area contributed by atoms with Crippen molar-refractivity contribution in [2.75, 3.05) is 0 Å². The molecular weight excluding hydrogens is 398 g/mol. The molecule has 0 bridgehead atoms. The van der Waals surface area contributed by atoms with Gasteiger partial charge >= 0.3 is 5.97 Å². The van der Waals surface area contributed by atoms with E-state index < -0.39 is 12.0 Å². The van der Waals surface area contributed by atoms with Crippen LogP contribution < -0.4 is 0 Å². The van der Waals surface area contributed by atoms with Gasteiger partial charge in [-0.2, -0.15) is 4.98 Å². The van der Waals surface area contributed by atoms with Crippen LogP contribution in [0.15, 0.2) is 53.3 Å². The van der Waals surface area contributed by atoms with E-state index in [1.165, 1.54) is 0 Å². The van der Waals surface area contributed by atoms with Gasteiger partial charge in [-0.05, 0) is 16.8 Å². The molecule has 1 atom stereocenters. The molecule has 0 saturated heterocycles. The largest absolute Gasteiger partial charge is 0.481 e. The number of benzene rings is 2. The second-order valence-electron chi connectivity index (χ2n) is 7.48. The lowest BCUT2D eigenvalue weighted by atomic mass is 10.0. The Hall–Kier alpha value is -4.01. The van der Waals surface area contributed by atoms with Crippen molar-refractivity contribution in [3.63, 3.8) is 0 Å². The lowest BCUT2D eigenvalue weighted by molar-refractivity contribution is -0.142. The third kappa shape index (κ3) is 3.65. The summed E-state index contributed by atoms with van der Waals surface area (Å²) in [4.78, 5) is 37.2. The Morgan fingerprint density at radius 1 is 1.16 bits per heavy atom. The van der Waals surface area contributed by atoms with Gasteiger partial charge in [0.05, 0.1) is 30.7 Å². The molecule has 156 valence electrons. The Balaban J connectivity index is 1.46. The van der Waals surface area contributed by atoms with Crippen molar-refractivity contribution in [1.82, 2.24) is 25.0 Å². The van der Waals surface area contributed by atoms with Gasteiger partial charge < -0.3 is 19.5 Å². The molecule has 1 amide bonds. The van der Waals surface area contributed by atoms with Crippen LogP contribution in [0.4, 0.5) is 0 Å². The minimum atomic E-state index is -1.01. The van der Waals surface area contributed by atoms with Crippen LogP contribution in [-0.2, 0) is 22.6 Å². The second-order valence-corrected chi connectivity index (χ2v) is 7.48. The predicted molar refractivity (Wildman–Crippen MR) is 110 cm³/mol. The van der Waals surface area contributed by atoms with Crippen molar-refractivity contribution in [1.29, 1.82) is 0 Å². The smallest absolute Gasteiger partial charge is 0.303 e. The van der Waals surface area contributed by atoms with E-state index in [1.54, 1.807) is 11.2 Å². The van der Waals surface area contributed by atoms with Crippen molar-refractivity contribution in [3.8, 4) is 11.4 Å². The maximum atomic E-state index is 12.8. The topological polar surface area (TPSA) is 125 Å². The van der Waals surface area contributed by atoms with Gasteiger partial charge in [-0.3, -0.25) is 9.59 Å². The van der Waals surface area contributed by atoms with Gasteiger partial charge in [0.1, 0.15) is 6.04 Å². The molecule has 4 aromatic rings. The Labute approximate surface area is 176 Å². The SMILES string of the molecule is O=C(O)CCC(=O)N1Cc2[nH]cnc2CC1c1nc(-c2ccc3ccccc3c2)no1. The average Bonchev–Trinajstić information content (AvgIpc) is 3.45. The summed E-state index contributed by atoms with van der Waals surface area (Å²) in [6, 6.07) is 13.4. The van der Waals surface area contributed by atoms with Gasteiger partial charge in [0.15, 0.2) is 0 Å². The summed E-state index contributed by atoms with van der Waals surface area (Å²) < 4.78 is 5.56. The molecule has 5 rings (SSSR count). The second kappa shape index (κ2) is 7.67. The molecule has 2 aromatic carbocycles. The number of hydrogen-bond donors (Lipinski definition) is 2. The van der Waals surface area contributed by atoms with E-state index in [-0.39, 0.29) is 25.3 Å². The van der Waals surface area contributed by atoms with Crippen LogP contribution in [0.5, 0.6) is 0 Å². The molecule has 1 unspecified atom stereocenters. The van der Waals surface area contributed by atoms with E-state index in [0.29, 0.717) is 18.1 Å². The van der Waals surface area contributed by atoms with Gasteiger partial charge in [-0.15, -0.1) is 0 Å². The lowest BCUT2D eigenvalue weighted by Crippen LogP contribution is -2.39. The zero-order valence-corrected chi connectivity index (χ0v) is 16.5. The van der Waals surface area contributed by atoms with Crippen LogP contribution in [0.25, 0.3) is 22.2 Å². The number of H-pyrrole nitrogens is 1. The molecule has 0 fully saturated rings. The molecule has 1 aliphatic heterocycles. The zero-order valence-electron chi connectivity index (χ0n) is 16.5. The molecule has 0 spiro atoms. The van der Waals surface area contributed by atoms with Crippen molar-refractivity contribution in [2.45, 2.75) is 31.8 Å². The Kier molecular flexibility index (Phi) is 4.70. The number of carboxylic acid groups (broad SMARTS) is 1. The predicted octanol–water partition coefficient (Wildman–Crippen LogP) is 3.10. The molecule has 2 N–H and O–H groups in total. The van der Waals surface area contributed by atoms with E-state index in [0.717, 1.165) is 27.7 Å². The highest BCUT2D eigenvalue weighted by Crippen LogP contribution is 2.33. The maximum Gasteiger partial charge on any atom is 0.303 e. The fourth-order valence-corrected chi connectivity index (χ4v) is 3.89. The summed E-state index contributed by atoms with van der Waals surface area (Å²) >= 11 is 0. The number of aromatic nitrogens is 4. The minimum absolute atomic E-state index is 0.0963. The van der Waals surface area contributed by atoms with Gasteiger partial charge in [-0.1, -0.05) is 41.6 Å². The number of carbonyl (C=O) groups excluding carboxylic acids is 1. The molecule has 3 heterocycles. The number of nitrogens with zero attached hydrogens (tertiary/aromatic N) is 4. The molecular formula is C22H19N5O4. The highest BCUT2D eigenvalue weighted by Gasteiger charge is 2.36. The summed E-state index contributed by atoms with van der Waals surface area (Å²) in [5, 5.41) is 15.3. The number of amides is 1. The van der Waals surface area contributed by atoms with Crippen LogP contribution in [0.1, 0.15) is 36.2 Å². The van der Waals surface area contributed by atoms with E-state index in [2.05, 4.69) is 20.1 Å². The average molecular weight is 417 g/mol. The van der Waals surface area contributed by atoms with Gasteiger partial charge in [0.2, 0.25) is 17.6 Å². The first-order valence-electron chi connectivity index (χ1n) is 9.93. The summed E-state index contributed by atoms with van der Waals surface area (Å²) in [5.41, 5.74) is 2.47. The normalized spacial score (nSPS) is 15.7. The highest BCUT2D eigenvalue weighted by atomic mass is 16.5. The summed E-state index contributed by atoms with van der Waals surface area (Å²) in [6.45, 7) is 0.284. The van der Waals surface area contributed by atoms with E-state index in [1.807, 2.05) is 42.5 Å². The number of rotatable bonds is 5. The molecule has 9 heteroatoms. The number of hydrogen-bond acceptors (Lipinski definition) is 6. The fraction of sp³-hybridized carbons (Fsp3) is 0.227. The quantitative estimate of drug-likeness (QED) is 0.511. The van der Waals surface area contributed by atoms with Crippen molar-refractivity contribution >= 4 is 22.6 Å². The van der Waals surface area contributed by atoms with E-state index in [4.69, 9.17) is 9.63 Å². The number of aromatic amines is 1. The van der Waals surface area contributed by atoms with Gasteiger partial charge in [0.25, 0.3) is 0 Å². The van der Waals surface area contributed by atoms with E-state index >= 15 is 0 Å². The first-order valence-corrected chi connectivity index (χ1v) is 9.93. The van der Waals surface area contributed by atoms with Crippen molar-refractivity contribution in [2.24, 2.45) is 0 Å². The Morgan fingerprint density at radius 2 is 2.00 bits per heavy atom. The summed E-state index contributed by atoms with van der Waals surface area (Å²) in [5.74, 6) is -0.550. The molecule has 0 aliphatic carbocycles.